The maximum absolute atomic E-state index is 13.1. The van der Waals surface area contributed by atoms with Gasteiger partial charge in [-0.2, -0.15) is 13.2 Å². The minimum atomic E-state index is -4.46. The summed E-state index contributed by atoms with van der Waals surface area (Å²) >= 11 is 0. The number of benzene rings is 2. The molecule has 1 aliphatic heterocycles. The lowest BCUT2D eigenvalue weighted by Crippen LogP contribution is -2.43. The Hall–Kier alpha value is -2.90. The van der Waals surface area contributed by atoms with Crippen LogP contribution in [-0.2, 0) is 17.4 Å². The number of amides is 1. The van der Waals surface area contributed by atoms with E-state index in [9.17, 15) is 18.0 Å². The number of ether oxygens (including phenoxy) is 3. The minimum absolute atomic E-state index is 0.0157. The summed E-state index contributed by atoms with van der Waals surface area (Å²) in [6.45, 7) is 4.45. The second-order valence-corrected chi connectivity index (χ2v) is 8.19. The van der Waals surface area contributed by atoms with E-state index in [1.165, 1.54) is 19.2 Å². The van der Waals surface area contributed by atoms with Gasteiger partial charge in [0.05, 0.1) is 25.8 Å². The molecule has 2 aromatic rings. The lowest BCUT2D eigenvalue weighted by Gasteiger charge is -2.38. The molecule has 0 saturated heterocycles. The molecule has 8 heteroatoms. The molecular formula is C24H28F3NO4. The van der Waals surface area contributed by atoms with E-state index in [1.54, 1.807) is 12.0 Å². The molecule has 0 spiro atoms. The number of nitrogens with zero attached hydrogens (tertiary/aromatic N) is 1. The molecule has 0 fully saturated rings. The van der Waals surface area contributed by atoms with Crippen LogP contribution < -0.4 is 14.2 Å². The third kappa shape index (κ3) is 5.29. The first-order chi connectivity index (χ1) is 15.1. The smallest absolute Gasteiger partial charge is 0.416 e. The molecule has 1 heterocycles. The molecule has 1 aliphatic rings. The van der Waals surface area contributed by atoms with Crippen LogP contribution in [0.3, 0.4) is 0 Å². The second-order valence-electron chi connectivity index (χ2n) is 8.19. The van der Waals surface area contributed by atoms with E-state index < -0.39 is 17.8 Å². The maximum Gasteiger partial charge on any atom is 0.416 e. The van der Waals surface area contributed by atoms with Gasteiger partial charge in [0.1, 0.15) is 12.4 Å². The Balaban J connectivity index is 1.94. The van der Waals surface area contributed by atoms with Crippen molar-refractivity contribution in [1.82, 2.24) is 4.90 Å². The van der Waals surface area contributed by atoms with Gasteiger partial charge in [-0.1, -0.05) is 19.9 Å². The fourth-order valence-corrected chi connectivity index (χ4v) is 3.91. The Morgan fingerprint density at radius 2 is 1.81 bits per heavy atom. The summed E-state index contributed by atoms with van der Waals surface area (Å²) < 4.78 is 55.8. The monoisotopic (exact) mass is 451 g/mol. The van der Waals surface area contributed by atoms with Crippen molar-refractivity contribution in [1.29, 1.82) is 0 Å². The molecule has 174 valence electrons. The predicted octanol–water partition coefficient (Wildman–Crippen LogP) is 5.27. The second kappa shape index (κ2) is 9.71. The average molecular weight is 451 g/mol. The van der Waals surface area contributed by atoms with Crippen molar-refractivity contribution in [3.63, 3.8) is 0 Å². The highest BCUT2D eigenvalue weighted by Gasteiger charge is 2.34. The van der Waals surface area contributed by atoms with Gasteiger partial charge in [0.2, 0.25) is 5.91 Å². The number of fused-ring (bicyclic) bond motifs is 1. The van der Waals surface area contributed by atoms with Crippen molar-refractivity contribution in [2.75, 3.05) is 27.4 Å². The van der Waals surface area contributed by atoms with Gasteiger partial charge in [0.15, 0.2) is 11.5 Å². The van der Waals surface area contributed by atoms with Gasteiger partial charge in [-0.05, 0) is 53.8 Å². The molecule has 1 amide bonds. The predicted molar refractivity (Wildman–Crippen MR) is 114 cm³/mol. The van der Waals surface area contributed by atoms with E-state index >= 15 is 0 Å². The zero-order valence-corrected chi connectivity index (χ0v) is 18.7. The van der Waals surface area contributed by atoms with Crippen LogP contribution in [0.25, 0.3) is 0 Å². The Morgan fingerprint density at radius 1 is 1.12 bits per heavy atom. The molecule has 0 radical (unpaired) electrons. The highest BCUT2D eigenvalue weighted by molar-refractivity contribution is 5.77. The number of methoxy groups -OCH3 is 2. The largest absolute Gasteiger partial charge is 0.493 e. The average Bonchev–Trinajstić information content (AvgIpc) is 2.75. The fraction of sp³-hybridized carbons (Fsp3) is 0.458. The molecule has 5 nitrogen and oxygen atoms in total. The third-order valence-corrected chi connectivity index (χ3v) is 5.48. The van der Waals surface area contributed by atoms with Crippen LogP contribution in [-0.4, -0.2) is 38.2 Å². The first-order valence-corrected chi connectivity index (χ1v) is 10.5. The van der Waals surface area contributed by atoms with E-state index in [2.05, 4.69) is 0 Å². The van der Waals surface area contributed by atoms with Gasteiger partial charge in [-0.3, -0.25) is 4.79 Å². The summed E-state index contributed by atoms with van der Waals surface area (Å²) in [6, 6.07) is 8.01. The van der Waals surface area contributed by atoms with Gasteiger partial charge in [-0.15, -0.1) is 0 Å². The van der Waals surface area contributed by atoms with Crippen molar-refractivity contribution in [2.24, 2.45) is 5.92 Å². The van der Waals surface area contributed by atoms with Crippen molar-refractivity contribution < 1.29 is 32.2 Å². The highest BCUT2D eigenvalue weighted by Crippen LogP contribution is 2.39. The summed E-state index contributed by atoms with van der Waals surface area (Å²) in [5.74, 6) is 1.38. The van der Waals surface area contributed by atoms with Gasteiger partial charge in [0, 0.05) is 13.0 Å². The number of hydrogen-bond donors (Lipinski definition) is 0. The Morgan fingerprint density at radius 3 is 2.44 bits per heavy atom. The zero-order chi connectivity index (χ0) is 23.5. The topological polar surface area (TPSA) is 48.0 Å². The SMILES string of the molecule is COc1cc2c(cc1OC)C(COc1cccc(C(F)(F)F)c1)N(C(=O)CC(C)C)CC2. The minimum Gasteiger partial charge on any atom is -0.493 e. The first kappa shape index (κ1) is 23.8. The van der Waals surface area contributed by atoms with Gasteiger partial charge < -0.3 is 19.1 Å². The molecule has 0 saturated carbocycles. The molecule has 0 aliphatic carbocycles. The molecule has 3 rings (SSSR count). The molecule has 1 unspecified atom stereocenters. The van der Waals surface area contributed by atoms with Crippen LogP contribution in [0.1, 0.15) is 43.0 Å². The van der Waals surface area contributed by atoms with E-state index in [-0.39, 0.29) is 24.2 Å². The van der Waals surface area contributed by atoms with Gasteiger partial charge in [-0.25, -0.2) is 0 Å². The number of carbonyl (C=O) groups excluding carboxylic acids is 1. The van der Waals surface area contributed by atoms with E-state index in [0.29, 0.717) is 30.9 Å². The lowest BCUT2D eigenvalue weighted by atomic mass is 9.91. The third-order valence-electron chi connectivity index (χ3n) is 5.48. The summed E-state index contributed by atoms with van der Waals surface area (Å²) in [7, 11) is 3.09. The van der Waals surface area contributed by atoms with Crippen molar-refractivity contribution in [2.45, 2.75) is 38.9 Å². The fourth-order valence-electron chi connectivity index (χ4n) is 3.91. The van der Waals surface area contributed by atoms with Crippen molar-refractivity contribution in [3.8, 4) is 17.2 Å². The molecule has 0 aromatic heterocycles. The quantitative estimate of drug-likeness (QED) is 0.575. The summed E-state index contributed by atoms with van der Waals surface area (Å²) in [4.78, 5) is 14.7. The van der Waals surface area contributed by atoms with Crippen LogP contribution in [0.4, 0.5) is 13.2 Å². The normalized spacial score (nSPS) is 16.0. The van der Waals surface area contributed by atoms with Crippen LogP contribution in [0.15, 0.2) is 36.4 Å². The Bertz CT molecular complexity index is 959. The zero-order valence-electron chi connectivity index (χ0n) is 18.7. The summed E-state index contributed by atoms with van der Waals surface area (Å²) in [5, 5.41) is 0. The molecule has 0 N–H and O–H groups in total. The standard InChI is InChI=1S/C24H28F3NO4/c1-15(2)10-23(29)28-9-8-16-11-21(30-3)22(31-4)13-19(16)20(28)14-32-18-7-5-6-17(12-18)24(25,26)27/h5-7,11-13,15,20H,8-10,14H2,1-4H3. The Kier molecular flexibility index (Phi) is 7.21. The van der Waals surface area contributed by atoms with Crippen LogP contribution >= 0.6 is 0 Å². The first-order valence-electron chi connectivity index (χ1n) is 10.5. The number of alkyl halides is 3. The number of halogens is 3. The molecular weight excluding hydrogens is 423 g/mol. The van der Waals surface area contributed by atoms with E-state index in [0.717, 1.165) is 23.3 Å². The number of rotatable bonds is 7. The number of hydrogen-bond acceptors (Lipinski definition) is 4. The molecule has 32 heavy (non-hydrogen) atoms. The Labute approximate surface area is 186 Å². The van der Waals surface area contributed by atoms with E-state index in [1.807, 2.05) is 26.0 Å². The van der Waals surface area contributed by atoms with Crippen LogP contribution in [0, 0.1) is 5.92 Å². The molecule has 2 aromatic carbocycles. The number of carbonyl (C=O) groups is 1. The molecule has 1 atom stereocenters. The van der Waals surface area contributed by atoms with Gasteiger partial charge >= 0.3 is 6.18 Å². The van der Waals surface area contributed by atoms with Crippen molar-refractivity contribution >= 4 is 5.91 Å². The summed E-state index contributed by atoms with van der Waals surface area (Å²) in [6.07, 6.45) is -3.44. The van der Waals surface area contributed by atoms with Gasteiger partial charge in [0.25, 0.3) is 0 Å². The van der Waals surface area contributed by atoms with Crippen molar-refractivity contribution in [3.05, 3.63) is 53.1 Å². The maximum atomic E-state index is 13.1. The van der Waals surface area contributed by atoms with E-state index in [4.69, 9.17) is 14.2 Å². The van der Waals surface area contributed by atoms with Crippen LogP contribution in [0.2, 0.25) is 0 Å². The molecule has 0 bridgehead atoms. The summed E-state index contributed by atoms with van der Waals surface area (Å²) in [5.41, 5.74) is 1.06. The highest BCUT2D eigenvalue weighted by atomic mass is 19.4. The van der Waals surface area contributed by atoms with Crippen LogP contribution in [0.5, 0.6) is 17.2 Å². The lowest BCUT2D eigenvalue weighted by molar-refractivity contribution is -0.137.